The smallest absolute Gasteiger partial charge is 0.407 e. The van der Waals surface area contributed by atoms with Crippen molar-refractivity contribution in [2.45, 2.75) is 56.1 Å². The standard InChI is InChI=1S/C23H26FN5O4S/c1-23(2,3)26-22(30)33-15-11-14(12-15)20-27-28-21(29(20)19-8-6-5-7-17(19)24)18-10-9-16(13-25-18)34(4,31)32/h5-10,13-15H,11-12H2,1-4H3,(H,26,30). The van der Waals surface area contributed by atoms with Crippen molar-refractivity contribution in [2.24, 2.45) is 0 Å². The Kier molecular flexibility index (Phi) is 6.15. The third-order valence-corrected chi connectivity index (χ3v) is 6.48. The second kappa shape index (κ2) is 8.79. The lowest BCUT2D eigenvalue weighted by Gasteiger charge is -2.35. The van der Waals surface area contributed by atoms with Crippen LogP contribution in [-0.2, 0) is 14.6 Å². The molecule has 0 aliphatic heterocycles. The zero-order valence-corrected chi connectivity index (χ0v) is 20.1. The van der Waals surface area contributed by atoms with E-state index in [-0.39, 0.29) is 28.4 Å². The third-order valence-electron chi connectivity index (χ3n) is 5.39. The first-order valence-electron chi connectivity index (χ1n) is 10.8. The van der Waals surface area contributed by atoms with Gasteiger partial charge in [-0.05, 0) is 57.9 Å². The summed E-state index contributed by atoms with van der Waals surface area (Å²) in [7, 11) is -3.41. The van der Waals surface area contributed by atoms with E-state index in [1.165, 1.54) is 24.4 Å². The molecular formula is C23H26FN5O4S. The minimum absolute atomic E-state index is 0.0703. The summed E-state index contributed by atoms with van der Waals surface area (Å²) < 4.78 is 45.4. The SMILES string of the molecule is CC(C)(C)NC(=O)OC1CC(c2nnc(-c3ccc(S(C)(=O)=O)cn3)n2-c2ccccc2F)C1. The number of alkyl carbamates (subject to hydrolysis) is 1. The number of para-hydroxylation sites is 1. The second-order valence-corrected chi connectivity index (χ2v) is 11.4. The fourth-order valence-electron chi connectivity index (χ4n) is 3.69. The van der Waals surface area contributed by atoms with Crippen molar-refractivity contribution in [2.75, 3.05) is 6.26 Å². The number of nitrogens with zero attached hydrogens (tertiary/aromatic N) is 4. The monoisotopic (exact) mass is 487 g/mol. The highest BCUT2D eigenvalue weighted by Crippen LogP contribution is 2.40. The Balaban J connectivity index is 1.63. The normalized spacial score (nSPS) is 18.3. The van der Waals surface area contributed by atoms with Crippen molar-refractivity contribution < 1.29 is 22.3 Å². The van der Waals surface area contributed by atoms with Crippen LogP contribution in [0.25, 0.3) is 17.2 Å². The summed E-state index contributed by atoms with van der Waals surface area (Å²) in [5, 5.41) is 11.3. The number of benzene rings is 1. The number of halogens is 1. The number of hydrogen-bond donors (Lipinski definition) is 1. The molecule has 3 aromatic rings. The molecule has 0 radical (unpaired) electrons. The molecule has 11 heteroatoms. The number of hydrogen-bond acceptors (Lipinski definition) is 7. The van der Waals surface area contributed by atoms with Crippen LogP contribution in [0, 0.1) is 5.82 Å². The number of amides is 1. The van der Waals surface area contributed by atoms with E-state index >= 15 is 0 Å². The predicted octanol–water partition coefficient (Wildman–Crippen LogP) is 3.64. The predicted molar refractivity (Wildman–Crippen MR) is 123 cm³/mol. The van der Waals surface area contributed by atoms with Crippen molar-refractivity contribution in [3.8, 4) is 17.2 Å². The number of pyridine rings is 1. The maximum Gasteiger partial charge on any atom is 0.407 e. The van der Waals surface area contributed by atoms with E-state index in [1.54, 1.807) is 22.8 Å². The van der Waals surface area contributed by atoms with E-state index in [1.807, 2.05) is 20.8 Å². The Bertz CT molecular complexity index is 1310. The lowest BCUT2D eigenvalue weighted by Crippen LogP contribution is -2.44. The van der Waals surface area contributed by atoms with Crippen LogP contribution in [0.1, 0.15) is 45.4 Å². The van der Waals surface area contributed by atoms with Crippen LogP contribution in [0.4, 0.5) is 9.18 Å². The molecule has 0 spiro atoms. The number of aromatic nitrogens is 4. The molecule has 9 nitrogen and oxygen atoms in total. The molecule has 1 N–H and O–H groups in total. The third kappa shape index (κ3) is 5.09. The summed E-state index contributed by atoms with van der Waals surface area (Å²) in [6, 6.07) is 9.19. The molecule has 1 fully saturated rings. The number of ether oxygens (including phenoxy) is 1. The molecule has 1 saturated carbocycles. The Morgan fingerprint density at radius 3 is 2.44 bits per heavy atom. The van der Waals surface area contributed by atoms with Crippen LogP contribution in [-0.4, -0.2) is 52.2 Å². The molecule has 0 bridgehead atoms. The quantitative estimate of drug-likeness (QED) is 0.584. The highest BCUT2D eigenvalue weighted by molar-refractivity contribution is 7.90. The number of sulfone groups is 1. The van der Waals surface area contributed by atoms with Gasteiger partial charge in [-0.15, -0.1) is 10.2 Å². The molecule has 0 saturated heterocycles. The zero-order chi connectivity index (χ0) is 24.7. The minimum Gasteiger partial charge on any atom is -0.446 e. The van der Waals surface area contributed by atoms with Gasteiger partial charge < -0.3 is 10.1 Å². The van der Waals surface area contributed by atoms with Crippen LogP contribution in [0.2, 0.25) is 0 Å². The number of nitrogens with one attached hydrogen (secondary N) is 1. The Labute approximate surface area is 197 Å². The highest BCUT2D eigenvalue weighted by Gasteiger charge is 2.38. The summed E-state index contributed by atoms with van der Waals surface area (Å²) in [5.41, 5.74) is 0.201. The van der Waals surface area contributed by atoms with Crippen LogP contribution in [0.5, 0.6) is 0 Å². The lowest BCUT2D eigenvalue weighted by atomic mass is 9.81. The number of carbonyl (C=O) groups is 1. The van der Waals surface area contributed by atoms with Crippen LogP contribution < -0.4 is 5.32 Å². The van der Waals surface area contributed by atoms with E-state index in [4.69, 9.17) is 4.74 Å². The van der Waals surface area contributed by atoms with E-state index in [2.05, 4.69) is 20.5 Å². The molecule has 2 aromatic heterocycles. The molecule has 34 heavy (non-hydrogen) atoms. The molecule has 1 amide bonds. The Hall–Kier alpha value is -3.34. The summed E-state index contributed by atoms with van der Waals surface area (Å²) in [4.78, 5) is 16.4. The molecule has 4 rings (SSSR count). The van der Waals surface area contributed by atoms with Crippen molar-refractivity contribution >= 4 is 15.9 Å². The van der Waals surface area contributed by atoms with E-state index in [0.717, 1.165) is 6.26 Å². The first-order valence-corrected chi connectivity index (χ1v) is 12.7. The average molecular weight is 488 g/mol. The molecule has 1 aliphatic rings. The number of carbonyl (C=O) groups excluding carboxylic acids is 1. The zero-order valence-electron chi connectivity index (χ0n) is 19.3. The van der Waals surface area contributed by atoms with Crippen molar-refractivity contribution in [1.29, 1.82) is 0 Å². The summed E-state index contributed by atoms with van der Waals surface area (Å²) in [6.07, 6.45) is 2.61. The van der Waals surface area contributed by atoms with Crippen molar-refractivity contribution in [3.63, 3.8) is 0 Å². The first-order chi connectivity index (χ1) is 15.9. The molecule has 1 aliphatic carbocycles. The maximum atomic E-state index is 14.8. The fourth-order valence-corrected chi connectivity index (χ4v) is 4.25. The van der Waals surface area contributed by atoms with E-state index in [9.17, 15) is 17.6 Å². The van der Waals surface area contributed by atoms with Crippen LogP contribution in [0.15, 0.2) is 47.5 Å². The van der Waals surface area contributed by atoms with Gasteiger partial charge in [0.05, 0.1) is 10.6 Å². The first kappa shape index (κ1) is 23.8. The van der Waals surface area contributed by atoms with Crippen molar-refractivity contribution in [3.05, 3.63) is 54.2 Å². The topological polar surface area (TPSA) is 116 Å². The van der Waals surface area contributed by atoms with Gasteiger partial charge in [-0.25, -0.2) is 17.6 Å². The lowest BCUT2D eigenvalue weighted by molar-refractivity contribution is 0.0336. The van der Waals surface area contributed by atoms with Gasteiger partial charge in [-0.3, -0.25) is 9.55 Å². The van der Waals surface area contributed by atoms with Crippen molar-refractivity contribution in [1.82, 2.24) is 25.1 Å². The summed E-state index contributed by atoms with van der Waals surface area (Å²) in [5.74, 6) is 0.234. The Morgan fingerprint density at radius 1 is 1.15 bits per heavy atom. The van der Waals surface area contributed by atoms with Gasteiger partial charge in [0.1, 0.15) is 23.4 Å². The van der Waals surface area contributed by atoms with Gasteiger partial charge >= 0.3 is 6.09 Å². The summed E-state index contributed by atoms with van der Waals surface area (Å²) >= 11 is 0. The second-order valence-electron chi connectivity index (χ2n) is 9.39. The van der Waals surface area contributed by atoms with Gasteiger partial charge in [0.25, 0.3) is 0 Å². The highest BCUT2D eigenvalue weighted by atomic mass is 32.2. The largest absolute Gasteiger partial charge is 0.446 e. The molecule has 0 atom stereocenters. The molecular weight excluding hydrogens is 461 g/mol. The van der Waals surface area contributed by atoms with Gasteiger partial charge in [0.15, 0.2) is 15.7 Å². The van der Waals surface area contributed by atoms with Crippen LogP contribution >= 0.6 is 0 Å². The average Bonchev–Trinajstić information content (AvgIpc) is 3.13. The molecule has 180 valence electrons. The minimum atomic E-state index is -3.41. The molecule has 0 unspecified atom stereocenters. The van der Waals surface area contributed by atoms with Crippen LogP contribution in [0.3, 0.4) is 0 Å². The van der Waals surface area contributed by atoms with Gasteiger partial charge in [-0.1, -0.05) is 12.1 Å². The fraction of sp³-hybridized carbons (Fsp3) is 0.391. The molecule has 2 heterocycles. The van der Waals surface area contributed by atoms with Gasteiger partial charge in [0, 0.05) is 23.9 Å². The maximum absolute atomic E-state index is 14.8. The van der Waals surface area contributed by atoms with Gasteiger partial charge in [0.2, 0.25) is 0 Å². The number of rotatable bonds is 5. The molecule has 1 aromatic carbocycles. The van der Waals surface area contributed by atoms with Gasteiger partial charge in [-0.2, -0.15) is 0 Å². The van der Waals surface area contributed by atoms with E-state index < -0.39 is 27.3 Å². The Morgan fingerprint density at radius 2 is 1.85 bits per heavy atom. The van der Waals surface area contributed by atoms with E-state index in [0.29, 0.717) is 24.4 Å². The summed E-state index contributed by atoms with van der Waals surface area (Å²) in [6.45, 7) is 5.60.